The molecule has 2 aromatic carbocycles. The van der Waals surface area contributed by atoms with Crippen molar-refractivity contribution in [2.75, 3.05) is 5.32 Å². The number of halogens is 3. The van der Waals surface area contributed by atoms with E-state index in [0.717, 1.165) is 12.0 Å². The third-order valence-electron chi connectivity index (χ3n) is 3.88. The van der Waals surface area contributed by atoms with Gasteiger partial charge in [0, 0.05) is 11.3 Å². The summed E-state index contributed by atoms with van der Waals surface area (Å²) in [7, 11) is 0. The van der Waals surface area contributed by atoms with E-state index in [4.69, 9.17) is 0 Å². The zero-order chi connectivity index (χ0) is 21.0. The van der Waals surface area contributed by atoms with E-state index in [2.05, 4.69) is 22.1 Å². The maximum absolute atomic E-state index is 13.4. The lowest BCUT2D eigenvalue weighted by Gasteiger charge is -2.08. The second-order valence-electron chi connectivity index (χ2n) is 6.00. The average molecular weight is 416 g/mol. The number of amides is 1. The molecule has 0 saturated heterocycles. The Morgan fingerprint density at radius 3 is 2.55 bits per heavy atom. The predicted octanol–water partition coefficient (Wildman–Crippen LogP) is 5.08. The van der Waals surface area contributed by atoms with E-state index in [1.54, 1.807) is 18.2 Å². The van der Waals surface area contributed by atoms with Gasteiger partial charge in [0.2, 0.25) is 0 Å². The van der Waals surface area contributed by atoms with Gasteiger partial charge in [-0.2, -0.15) is 13.2 Å². The molecular weight excluding hydrogens is 401 g/mol. The molecule has 1 heterocycles. The van der Waals surface area contributed by atoms with Crippen molar-refractivity contribution in [2.45, 2.75) is 19.5 Å². The van der Waals surface area contributed by atoms with Crippen molar-refractivity contribution in [1.29, 1.82) is 0 Å². The molecule has 1 aromatic heterocycles. The molecule has 0 spiro atoms. The van der Waals surface area contributed by atoms with Gasteiger partial charge in [-0.1, -0.05) is 36.3 Å². The number of aromatic nitrogens is 1. The third kappa shape index (κ3) is 5.15. The highest BCUT2D eigenvalue weighted by Gasteiger charge is 2.39. The van der Waals surface area contributed by atoms with Crippen molar-refractivity contribution in [3.05, 3.63) is 75.2 Å². The molecule has 0 atom stereocenters. The topological polar surface area (TPSA) is 62.2 Å². The van der Waals surface area contributed by atoms with Crippen molar-refractivity contribution >= 4 is 22.9 Å². The Kier molecular flexibility index (Phi) is 5.89. The second kappa shape index (κ2) is 8.37. The van der Waals surface area contributed by atoms with Gasteiger partial charge in [-0.15, -0.1) is 0 Å². The molecular formula is C21H15F3N2O2S. The summed E-state index contributed by atoms with van der Waals surface area (Å²) in [6, 6.07) is 12.8. The summed E-state index contributed by atoms with van der Waals surface area (Å²) in [5.74, 6) is 4.38. The van der Waals surface area contributed by atoms with E-state index in [-0.39, 0.29) is 10.8 Å². The molecule has 2 N–H and O–H groups in total. The van der Waals surface area contributed by atoms with Crippen LogP contribution in [0.1, 0.15) is 38.4 Å². The number of phenols is 1. The fourth-order valence-corrected chi connectivity index (χ4v) is 3.28. The van der Waals surface area contributed by atoms with E-state index in [9.17, 15) is 23.1 Å². The van der Waals surface area contributed by atoms with Crippen molar-refractivity contribution < 1.29 is 23.1 Å². The monoisotopic (exact) mass is 416 g/mol. The Balaban J connectivity index is 1.91. The summed E-state index contributed by atoms with van der Waals surface area (Å²) in [5.41, 5.74) is 0.590. The van der Waals surface area contributed by atoms with Gasteiger partial charge >= 0.3 is 6.18 Å². The van der Waals surface area contributed by atoms with Gasteiger partial charge < -0.3 is 10.4 Å². The number of aryl methyl sites for hydroxylation is 1. The molecule has 0 aliphatic carbocycles. The number of alkyl halides is 3. The predicted molar refractivity (Wildman–Crippen MR) is 105 cm³/mol. The SMILES string of the molecule is CCc1cccc(NC(=O)c2sc(C#Cc3ccc(O)cc3)nc2C(F)(F)F)c1. The quantitative estimate of drug-likeness (QED) is 0.585. The molecule has 3 rings (SSSR count). The molecule has 0 bridgehead atoms. The van der Waals surface area contributed by atoms with Gasteiger partial charge in [0.25, 0.3) is 5.91 Å². The highest BCUT2D eigenvalue weighted by molar-refractivity contribution is 7.14. The van der Waals surface area contributed by atoms with Gasteiger partial charge in [0.15, 0.2) is 10.7 Å². The van der Waals surface area contributed by atoms with Crippen molar-refractivity contribution in [1.82, 2.24) is 4.98 Å². The number of carbonyl (C=O) groups is 1. The average Bonchev–Trinajstić information content (AvgIpc) is 3.13. The molecule has 29 heavy (non-hydrogen) atoms. The van der Waals surface area contributed by atoms with Crippen molar-refractivity contribution in [3.63, 3.8) is 0 Å². The Hall–Kier alpha value is -3.31. The minimum atomic E-state index is -4.78. The molecule has 4 nitrogen and oxygen atoms in total. The first-order valence-electron chi connectivity index (χ1n) is 8.55. The molecule has 0 aliphatic rings. The molecule has 0 radical (unpaired) electrons. The van der Waals surface area contributed by atoms with Gasteiger partial charge in [-0.05, 0) is 54.3 Å². The van der Waals surface area contributed by atoms with Crippen LogP contribution in [0.4, 0.5) is 18.9 Å². The van der Waals surface area contributed by atoms with E-state index < -0.39 is 22.7 Å². The summed E-state index contributed by atoms with van der Waals surface area (Å²) in [5, 5.41) is 11.6. The number of aromatic hydroxyl groups is 1. The summed E-state index contributed by atoms with van der Waals surface area (Å²) in [6.07, 6.45) is -4.05. The molecule has 3 aromatic rings. The first kappa shape index (κ1) is 20.4. The van der Waals surface area contributed by atoms with Crippen LogP contribution in [0, 0.1) is 11.8 Å². The Bertz CT molecular complexity index is 1090. The number of rotatable bonds is 3. The van der Waals surface area contributed by atoms with Crippen LogP contribution in [0.25, 0.3) is 0 Å². The molecule has 1 amide bonds. The number of hydrogen-bond donors (Lipinski definition) is 2. The number of hydrogen-bond acceptors (Lipinski definition) is 4. The van der Waals surface area contributed by atoms with Gasteiger partial charge in [0.1, 0.15) is 10.6 Å². The van der Waals surface area contributed by atoms with Crippen LogP contribution in [0.5, 0.6) is 5.75 Å². The maximum atomic E-state index is 13.4. The van der Waals surface area contributed by atoms with Crippen molar-refractivity contribution in [3.8, 4) is 17.6 Å². The summed E-state index contributed by atoms with van der Waals surface area (Å²) in [6.45, 7) is 1.94. The zero-order valence-electron chi connectivity index (χ0n) is 15.2. The second-order valence-corrected chi connectivity index (χ2v) is 7.00. The maximum Gasteiger partial charge on any atom is 0.435 e. The molecule has 0 saturated carbocycles. The van der Waals surface area contributed by atoms with Crippen LogP contribution in [0.15, 0.2) is 48.5 Å². The normalized spacial score (nSPS) is 10.9. The molecule has 0 fully saturated rings. The number of carbonyl (C=O) groups excluding carboxylic acids is 1. The van der Waals surface area contributed by atoms with E-state index in [1.165, 1.54) is 24.3 Å². The van der Waals surface area contributed by atoms with Crippen LogP contribution >= 0.6 is 11.3 Å². The lowest BCUT2D eigenvalue weighted by Crippen LogP contribution is -2.17. The number of phenolic OH excluding ortho intramolecular Hbond substituents is 1. The molecule has 0 unspecified atom stereocenters. The Labute approximate surface area is 169 Å². The standard InChI is InChI=1S/C21H15F3N2O2S/c1-2-13-4-3-5-15(12-13)25-20(28)18-19(21(22,23)24)26-17(29-18)11-8-14-6-9-16(27)10-7-14/h3-7,9-10,12,27H,2H2,1H3,(H,25,28). The van der Waals surface area contributed by atoms with Crippen LogP contribution in [0.3, 0.4) is 0 Å². The summed E-state index contributed by atoms with van der Waals surface area (Å²) < 4.78 is 40.1. The smallest absolute Gasteiger partial charge is 0.435 e. The van der Waals surface area contributed by atoms with Crippen LogP contribution in [0.2, 0.25) is 0 Å². The Morgan fingerprint density at radius 2 is 1.90 bits per heavy atom. The largest absolute Gasteiger partial charge is 0.508 e. The van der Waals surface area contributed by atoms with E-state index in [0.29, 0.717) is 22.6 Å². The lowest BCUT2D eigenvalue weighted by molar-refractivity contribution is -0.141. The van der Waals surface area contributed by atoms with E-state index >= 15 is 0 Å². The fourth-order valence-electron chi connectivity index (χ4n) is 2.45. The van der Waals surface area contributed by atoms with Crippen molar-refractivity contribution in [2.24, 2.45) is 0 Å². The lowest BCUT2D eigenvalue weighted by atomic mass is 10.1. The number of anilines is 1. The Morgan fingerprint density at radius 1 is 1.17 bits per heavy atom. The number of thiazole rings is 1. The van der Waals surface area contributed by atoms with Crippen LogP contribution < -0.4 is 5.32 Å². The van der Waals surface area contributed by atoms with Gasteiger partial charge in [-0.25, -0.2) is 4.98 Å². The van der Waals surface area contributed by atoms with Crippen LogP contribution in [-0.4, -0.2) is 16.0 Å². The fraction of sp³-hybridized carbons (Fsp3) is 0.143. The first-order chi connectivity index (χ1) is 13.8. The third-order valence-corrected chi connectivity index (χ3v) is 4.85. The molecule has 0 aliphatic heterocycles. The van der Waals surface area contributed by atoms with Gasteiger partial charge in [-0.3, -0.25) is 4.79 Å². The molecule has 8 heteroatoms. The highest BCUT2D eigenvalue weighted by Crippen LogP contribution is 2.34. The minimum Gasteiger partial charge on any atom is -0.508 e. The summed E-state index contributed by atoms with van der Waals surface area (Å²) >= 11 is 0.580. The number of benzene rings is 2. The number of nitrogens with zero attached hydrogens (tertiary/aromatic N) is 1. The number of nitrogens with one attached hydrogen (secondary N) is 1. The zero-order valence-corrected chi connectivity index (χ0v) is 16.0. The molecule has 148 valence electrons. The summed E-state index contributed by atoms with van der Waals surface area (Å²) in [4.78, 5) is 15.5. The van der Waals surface area contributed by atoms with Crippen LogP contribution in [-0.2, 0) is 12.6 Å². The highest BCUT2D eigenvalue weighted by atomic mass is 32.1. The first-order valence-corrected chi connectivity index (χ1v) is 9.37. The van der Waals surface area contributed by atoms with E-state index in [1.807, 2.05) is 13.0 Å². The minimum absolute atomic E-state index is 0.0512. The van der Waals surface area contributed by atoms with Gasteiger partial charge in [0.05, 0.1) is 0 Å².